The number of nitrogens with zero attached hydrogens (tertiary/aromatic N) is 3. The molecule has 0 atom stereocenters. The molecule has 0 radical (unpaired) electrons. The van der Waals surface area contributed by atoms with Crippen molar-refractivity contribution >= 4 is 29.9 Å². The van der Waals surface area contributed by atoms with E-state index < -0.39 is 0 Å². The van der Waals surface area contributed by atoms with Gasteiger partial charge in [0.25, 0.3) is 0 Å². The van der Waals surface area contributed by atoms with Gasteiger partial charge in [-0.2, -0.15) is 5.10 Å². The van der Waals surface area contributed by atoms with E-state index in [0.717, 1.165) is 23.0 Å². The number of hydrogen-bond donors (Lipinski definition) is 2. The van der Waals surface area contributed by atoms with Crippen molar-refractivity contribution in [1.82, 2.24) is 20.4 Å². The predicted octanol–water partition coefficient (Wildman–Crippen LogP) is 1.91. The summed E-state index contributed by atoms with van der Waals surface area (Å²) in [5.41, 5.74) is 2.23. The van der Waals surface area contributed by atoms with Crippen LogP contribution < -0.4 is 15.4 Å². The van der Waals surface area contributed by atoms with Crippen molar-refractivity contribution in [3.05, 3.63) is 47.8 Å². The molecular weight excluding hydrogens is 393 g/mol. The molecule has 2 rings (SSSR count). The van der Waals surface area contributed by atoms with Gasteiger partial charge in [0.1, 0.15) is 5.75 Å². The van der Waals surface area contributed by atoms with Crippen LogP contribution in [0, 0.1) is 0 Å². The molecule has 0 aliphatic carbocycles. The molecule has 0 unspecified atom stereocenters. The molecule has 0 fully saturated rings. The van der Waals surface area contributed by atoms with E-state index in [2.05, 4.69) is 20.7 Å². The highest BCUT2D eigenvalue weighted by Crippen LogP contribution is 2.11. The van der Waals surface area contributed by atoms with Gasteiger partial charge in [0.05, 0.1) is 19.3 Å². The Bertz CT molecular complexity index is 611. The van der Waals surface area contributed by atoms with E-state index in [9.17, 15) is 0 Å². The number of aliphatic imine (C=N–C) groups is 1. The van der Waals surface area contributed by atoms with Crippen LogP contribution >= 0.6 is 24.0 Å². The Balaban J connectivity index is 0.00000242. The molecule has 0 saturated carbocycles. The summed E-state index contributed by atoms with van der Waals surface area (Å²) >= 11 is 0. The van der Waals surface area contributed by atoms with Gasteiger partial charge in [0.2, 0.25) is 0 Å². The molecular formula is C15H22IN5O. The van der Waals surface area contributed by atoms with Gasteiger partial charge in [-0.05, 0) is 23.8 Å². The van der Waals surface area contributed by atoms with Crippen molar-refractivity contribution in [3.63, 3.8) is 0 Å². The number of rotatable bonds is 5. The van der Waals surface area contributed by atoms with E-state index in [0.29, 0.717) is 13.1 Å². The van der Waals surface area contributed by atoms with Crippen molar-refractivity contribution < 1.29 is 4.74 Å². The van der Waals surface area contributed by atoms with Crippen molar-refractivity contribution in [2.45, 2.75) is 13.1 Å². The van der Waals surface area contributed by atoms with Crippen molar-refractivity contribution in [3.8, 4) is 5.75 Å². The average Bonchev–Trinajstić information content (AvgIpc) is 2.93. The smallest absolute Gasteiger partial charge is 0.191 e. The summed E-state index contributed by atoms with van der Waals surface area (Å²) in [5.74, 6) is 1.60. The molecule has 0 spiro atoms. The summed E-state index contributed by atoms with van der Waals surface area (Å²) in [4.78, 5) is 4.21. The lowest BCUT2D eigenvalue weighted by Gasteiger charge is -2.12. The lowest BCUT2D eigenvalue weighted by Crippen LogP contribution is -2.36. The lowest BCUT2D eigenvalue weighted by atomic mass is 10.2. The Morgan fingerprint density at radius 1 is 1.27 bits per heavy atom. The molecule has 0 aliphatic heterocycles. The molecule has 0 aliphatic rings. The molecule has 2 aromatic rings. The minimum atomic E-state index is 0. The summed E-state index contributed by atoms with van der Waals surface area (Å²) in [6.45, 7) is 1.36. The number of aromatic nitrogens is 2. The molecule has 1 heterocycles. The van der Waals surface area contributed by atoms with Gasteiger partial charge >= 0.3 is 0 Å². The number of aryl methyl sites for hydroxylation is 1. The van der Waals surface area contributed by atoms with Crippen LogP contribution in [0.25, 0.3) is 0 Å². The van der Waals surface area contributed by atoms with E-state index in [1.54, 1.807) is 20.4 Å². The molecule has 7 heteroatoms. The average molecular weight is 415 g/mol. The molecule has 1 aromatic carbocycles. The summed E-state index contributed by atoms with van der Waals surface area (Å²) in [7, 11) is 5.34. The van der Waals surface area contributed by atoms with Gasteiger partial charge in [-0.15, -0.1) is 24.0 Å². The standard InChI is InChI=1S/C15H21N5O.HI/c1-16-15(18-11-13-7-8-19-20(13)2)17-10-12-5-4-6-14(9-12)21-3;/h4-9H,10-11H2,1-3H3,(H2,16,17,18);1H. The number of benzene rings is 1. The summed E-state index contributed by atoms with van der Waals surface area (Å²) in [6.07, 6.45) is 1.78. The van der Waals surface area contributed by atoms with E-state index in [-0.39, 0.29) is 24.0 Å². The van der Waals surface area contributed by atoms with Gasteiger partial charge in [-0.3, -0.25) is 9.67 Å². The van der Waals surface area contributed by atoms with E-state index in [1.807, 2.05) is 42.1 Å². The van der Waals surface area contributed by atoms with Crippen LogP contribution in [0.2, 0.25) is 0 Å². The molecule has 6 nitrogen and oxygen atoms in total. The Kier molecular flexibility index (Phi) is 7.72. The second-order valence-corrected chi connectivity index (χ2v) is 4.58. The summed E-state index contributed by atoms with van der Waals surface area (Å²) < 4.78 is 7.05. The van der Waals surface area contributed by atoms with Gasteiger partial charge < -0.3 is 15.4 Å². The van der Waals surface area contributed by atoms with Gasteiger partial charge in [-0.1, -0.05) is 12.1 Å². The van der Waals surface area contributed by atoms with Crippen LogP contribution in [-0.2, 0) is 20.1 Å². The maximum atomic E-state index is 5.21. The van der Waals surface area contributed by atoms with Crippen LogP contribution in [0.3, 0.4) is 0 Å². The highest BCUT2D eigenvalue weighted by molar-refractivity contribution is 14.0. The molecule has 0 bridgehead atoms. The molecule has 0 saturated heterocycles. The third-order valence-electron chi connectivity index (χ3n) is 3.18. The van der Waals surface area contributed by atoms with E-state index in [1.165, 1.54) is 0 Å². The van der Waals surface area contributed by atoms with Crippen LogP contribution in [0.5, 0.6) is 5.75 Å². The Hall–Kier alpha value is -1.77. The minimum Gasteiger partial charge on any atom is -0.497 e. The second kappa shape index (κ2) is 9.29. The number of nitrogens with one attached hydrogen (secondary N) is 2. The molecule has 120 valence electrons. The summed E-state index contributed by atoms with van der Waals surface area (Å²) in [5, 5.41) is 10.7. The summed E-state index contributed by atoms with van der Waals surface area (Å²) in [6, 6.07) is 9.92. The predicted molar refractivity (Wildman–Crippen MR) is 98.7 cm³/mol. The third kappa shape index (κ3) is 5.21. The topological polar surface area (TPSA) is 63.5 Å². The van der Waals surface area contributed by atoms with Crippen LogP contribution in [-0.4, -0.2) is 29.9 Å². The van der Waals surface area contributed by atoms with E-state index >= 15 is 0 Å². The first-order valence-electron chi connectivity index (χ1n) is 6.77. The SMILES string of the molecule is CN=C(NCc1cccc(OC)c1)NCc1ccnn1C.I. The van der Waals surface area contributed by atoms with Gasteiger partial charge in [-0.25, -0.2) is 0 Å². The Morgan fingerprint density at radius 3 is 2.68 bits per heavy atom. The number of guanidine groups is 1. The first kappa shape index (κ1) is 18.3. The zero-order valence-corrected chi connectivity index (χ0v) is 15.4. The quantitative estimate of drug-likeness (QED) is 0.445. The largest absolute Gasteiger partial charge is 0.497 e. The normalized spacial score (nSPS) is 10.8. The zero-order valence-electron chi connectivity index (χ0n) is 13.0. The highest BCUT2D eigenvalue weighted by atomic mass is 127. The first-order valence-corrected chi connectivity index (χ1v) is 6.77. The fourth-order valence-corrected chi connectivity index (χ4v) is 1.94. The Morgan fingerprint density at radius 2 is 2.05 bits per heavy atom. The van der Waals surface area contributed by atoms with Crippen LogP contribution in [0.4, 0.5) is 0 Å². The van der Waals surface area contributed by atoms with Crippen molar-refractivity contribution in [2.75, 3.05) is 14.2 Å². The van der Waals surface area contributed by atoms with Crippen LogP contribution in [0.15, 0.2) is 41.5 Å². The van der Waals surface area contributed by atoms with Crippen molar-refractivity contribution in [1.29, 1.82) is 0 Å². The molecule has 22 heavy (non-hydrogen) atoms. The fourth-order valence-electron chi connectivity index (χ4n) is 1.94. The van der Waals surface area contributed by atoms with E-state index in [4.69, 9.17) is 4.74 Å². The number of ether oxygens (including phenoxy) is 1. The van der Waals surface area contributed by atoms with Gasteiger partial charge in [0.15, 0.2) is 5.96 Å². The van der Waals surface area contributed by atoms with Crippen molar-refractivity contribution in [2.24, 2.45) is 12.0 Å². The van der Waals surface area contributed by atoms with Crippen LogP contribution in [0.1, 0.15) is 11.3 Å². The fraction of sp³-hybridized carbons (Fsp3) is 0.333. The lowest BCUT2D eigenvalue weighted by molar-refractivity contribution is 0.414. The molecule has 2 N–H and O–H groups in total. The molecule has 0 amide bonds. The maximum absolute atomic E-state index is 5.21. The van der Waals surface area contributed by atoms with Gasteiger partial charge in [0, 0.05) is 26.8 Å². The third-order valence-corrected chi connectivity index (χ3v) is 3.18. The minimum absolute atomic E-state index is 0. The zero-order chi connectivity index (χ0) is 15.1. The highest BCUT2D eigenvalue weighted by Gasteiger charge is 2.02. The first-order chi connectivity index (χ1) is 10.2. The number of halogens is 1. The maximum Gasteiger partial charge on any atom is 0.191 e. The Labute approximate surface area is 148 Å². The monoisotopic (exact) mass is 415 g/mol. The second-order valence-electron chi connectivity index (χ2n) is 4.58. The number of hydrogen-bond acceptors (Lipinski definition) is 3. The number of methoxy groups -OCH3 is 1. The molecule has 1 aromatic heterocycles.